The molecule has 1 aliphatic heterocycles. The Kier molecular flexibility index (Phi) is 6.25. The Hall–Kier alpha value is -2.26. The Morgan fingerprint density at radius 1 is 1.24 bits per heavy atom. The van der Waals surface area contributed by atoms with E-state index in [1.165, 1.54) is 26.8 Å². The third-order valence-corrected chi connectivity index (χ3v) is 4.99. The van der Waals surface area contributed by atoms with Crippen molar-refractivity contribution < 1.29 is 32.3 Å². The smallest absolute Gasteiger partial charge is 0.425 e. The lowest BCUT2D eigenvalue weighted by molar-refractivity contribution is -0.192. The molecule has 1 heterocycles. The number of ether oxygens (including phenoxy) is 1. The van der Waals surface area contributed by atoms with Crippen LogP contribution in [0.25, 0.3) is 0 Å². The summed E-state index contributed by atoms with van der Waals surface area (Å²) in [5, 5.41) is 1.63. The van der Waals surface area contributed by atoms with E-state index in [0.29, 0.717) is 0 Å². The van der Waals surface area contributed by atoms with E-state index >= 15 is 0 Å². The minimum absolute atomic E-state index is 0.158. The maximum absolute atomic E-state index is 14.3. The molecule has 6 nitrogen and oxygen atoms in total. The van der Waals surface area contributed by atoms with E-state index in [1.54, 1.807) is 5.32 Å². The molecule has 0 saturated carbocycles. The van der Waals surface area contributed by atoms with Crippen LogP contribution in [0, 0.1) is 0 Å². The van der Waals surface area contributed by atoms with Gasteiger partial charge < -0.3 is 15.0 Å². The number of carbonyl (C=O) groups excluding carboxylic acids is 3. The molecule has 0 radical (unpaired) electrons. The third kappa shape index (κ3) is 3.69. The number of nitrogens with one attached hydrogen (secondary N) is 1. The number of alkyl halides is 3. The van der Waals surface area contributed by atoms with E-state index in [0.717, 1.165) is 24.1 Å². The highest BCUT2D eigenvalue weighted by molar-refractivity contribution is 6.36. The van der Waals surface area contributed by atoms with Gasteiger partial charge in [0.25, 0.3) is 17.4 Å². The number of halogens is 5. The van der Waals surface area contributed by atoms with E-state index in [-0.39, 0.29) is 21.3 Å². The summed E-state index contributed by atoms with van der Waals surface area (Å²) in [6.45, 7) is 4.13. The lowest BCUT2D eigenvalue weighted by Gasteiger charge is -2.33. The predicted octanol–water partition coefficient (Wildman–Crippen LogP) is 3.72. The fraction of sp³-hybridized carbons (Fsp3) is 0.389. The molecule has 1 aromatic rings. The van der Waals surface area contributed by atoms with Crippen LogP contribution in [-0.2, 0) is 14.3 Å². The summed E-state index contributed by atoms with van der Waals surface area (Å²) in [6.07, 6.45) is -5.35. The predicted molar refractivity (Wildman–Crippen MR) is 99.4 cm³/mol. The van der Waals surface area contributed by atoms with Gasteiger partial charge in [0.15, 0.2) is 0 Å². The van der Waals surface area contributed by atoms with E-state index in [2.05, 4.69) is 4.74 Å². The molecule has 2 rings (SSSR count). The summed E-state index contributed by atoms with van der Waals surface area (Å²) < 4.78 is 47.4. The number of methoxy groups -OCH3 is 1. The van der Waals surface area contributed by atoms with Gasteiger partial charge in [0, 0.05) is 16.8 Å². The molecule has 0 bridgehead atoms. The zero-order chi connectivity index (χ0) is 22.3. The van der Waals surface area contributed by atoms with Crippen molar-refractivity contribution in [3.63, 3.8) is 0 Å². The van der Waals surface area contributed by atoms with Crippen LogP contribution in [0.3, 0.4) is 0 Å². The molecule has 0 saturated heterocycles. The van der Waals surface area contributed by atoms with E-state index in [1.807, 2.05) is 0 Å². The lowest BCUT2D eigenvalue weighted by atomic mass is 9.88. The summed E-state index contributed by atoms with van der Waals surface area (Å²) in [7, 11) is 0.879. The second kappa shape index (κ2) is 7.87. The second-order valence-electron chi connectivity index (χ2n) is 6.55. The molecular formula is C18H17Cl2F3N2O4. The normalized spacial score (nSPS) is 19.8. The molecule has 158 valence electrons. The van der Waals surface area contributed by atoms with Crippen molar-refractivity contribution in [2.24, 2.45) is 0 Å². The SMILES string of the molecule is COC(=O)C1=C(C)N(C(C)C)C(=O)[C@@]1(NC(=O)c1ccc(Cl)cc1Cl)C(F)(F)F. The van der Waals surface area contributed by atoms with Crippen molar-refractivity contribution >= 4 is 41.0 Å². The quantitative estimate of drug-likeness (QED) is 0.706. The number of allylic oxidation sites excluding steroid dienone is 1. The van der Waals surface area contributed by atoms with Crippen molar-refractivity contribution in [1.82, 2.24) is 10.2 Å². The van der Waals surface area contributed by atoms with Gasteiger partial charge in [-0.1, -0.05) is 23.2 Å². The molecule has 29 heavy (non-hydrogen) atoms. The van der Waals surface area contributed by atoms with Crippen LogP contribution in [0.5, 0.6) is 0 Å². The number of nitrogens with zero attached hydrogens (tertiary/aromatic N) is 1. The van der Waals surface area contributed by atoms with Crippen LogP contribution in [0.2, 0.25) is 10.0 Å². The monoisotopic (exact) mass is 452 g/mol. The molecular weight excluding hydrogens is 436 g/mol. The molecule has 0 spiro atoms. The number of esters is 1. The van der Waals surface area contributed by atoms with Gasteiger partial charge in [-0.2, -0.15) is 13.2 Å². The van der Waals surface area contributed by atoms with Gasteiger partial charge in [0.05, 0.1) is 17.7 Å². The summed E-state index contributed by atoms with van der Waals surface area (Å²) in [5.41, 5.74) is -5.26. The van der Waals surface area contributed by atoms with Crippen LogP contribution in [0.1, 0.15) is 31.1 Å². The van der Waals surface area contributed by atoms with Crippen molar-refractivity contribution in [3.05, 3.63) is 45.1 Å². The highest BCUT2D eigenvalue weighted by Gasteiger charge is 2.71. The number of hydrogen-bond donors (Lipinski definition) is 1. The van der Waals surface area contributed by atoms with Crippen LogP contribution in [0.15, 0.2) is 29.5 Å². The average molecular weight is 453 g/mol. The standard InChI is InChI=1S/C18H17Cl2F3N2O4/c1-8(2)25-9(3)13(15(27)29-4)17(16(25)28,18(21,22)23)24-14(26)11-6-5-10(19)7-12(11)20/h5-8H,1-4H3,(H,24,26)/t17-/m1/s1. The van der Waals surface area contributed by atoms with Gasteiger partial charge >= 0.3 is 12.1 Å². The van der Waals surface area contributed by atoms with Gasteiger partial charge in [0.2, 0.25) is 0 Å². The first-order valence-corrected chi connectivity index (χ1v) is 9.02. The van der Waals surface area contributed by atoms with Gasteiger partial charge in [-0.15, -0.1) is 0 Å². The Morgan fingerprint density at radius 2 is 1.83 bits per heavy atom. The summed E-state index contributed by atoms with van der Waals surface area (Å²) in [6, 6.07) is 2.81. The van der Waals surface area contributed by atoms with E-state index < -0.39 is 41.1 Å². The number of amides is 2. The number of benzene rings is 1. The highest BCUT2D eigenvalue weighted by Crippen LogP contribution is 2.46. The van der Waals surface area contributed by atoms with Crippen molar-refractivity contribution in [1.29, 1.82) is 0 Å². The van der Waals surface area contributed by atoms with E-state index in [4.69, 9.17) is 23.2 Å². The molecule has 11 heteroatoms. The van der Waals surface area contributed by atoms with Crippen molar-refractivity contribution in [2.75, 3.05) is 7.11 Å². The Labute approximate surface area is 174 Å². The molecule has 1 aromatic carbocycles. The fourth-order valence-corrected chi connectivity index (χ4v) is 3.71. The van der Waals surface area contributed by atoms with E-state index in [9.17, 15) is 27.6 Å². The average Bonchev–Trinajstić information content (AvgIpc) is 2.81. The molecule has 1 atom stereocenters. The number of hydrogen-bond acceptors (Lipinski definition) is 4. The van der Waals surface area contributed by atoms with Crippen LogP contribution in [-0.4, -0.2) is 47.6 Å². The minimum atomic E-state index is -5.35. The first-order valence-electron chi connectivity index (χ1n) is 8.27. The number of rotatable bonds is 4. The Bertz CT molecular complexity index is 915. The lowest BCUT2D eigenvalue weighted by Crippen LogP contribution is -2.66. The molecule has 0 aromatic heterocycles. The number of carbonyl (C=O) groups is 3. The Morgan fingerprint density at radius 3 is 2.28 bits per heavy atom. The van der Waals surface area contributed by atoms with Crippen molar-refractivity contribution in [2.45, 2.75) is 38.5 Å². The molecule has 2 amide bonds. The molecule has 0 unspecified atom stereocenters. The van der Waals surface area contributed by atoms with Gasteiger partial charge in [-0.05, 0) is 39.0 Å². The third-order valence-electron chi connectivity index (χ3n) is 4.45. The van der Waals surface area contributed by atoms with Crippen LogP contribution >= 0.6 is 23.2 Å². The first kappa shape index (κ1) is 23.0. The second-order valence-corrected chi connectivity index (χ2v) is 7.39. The maximum atomic E-state index is 14.3. The highest BCUT2D eigenvalue weighted by atomic mass is 35.5. The first-order chi connectivity index (χ1) is 13.3. The summed E-state index contributed by atoms with van der Waals surface area (Å²) >= 11 is 11.7. The van der Waals surface area contributed by atoms with Crippen LogP contribution < -0.4 is 5.32 Å². The molecule has 1 N–H and O–H groups in total. The molecule has 0 fully saturated rings. The summed E-state index contributed by atoms with van der Waals surface area (Å²) in [5.74, 6) is -4.22. The van der Waals surface area contributed by atoms with Crippen LogP contribution in [0.4, 0.5) is 13.2 Å². The maximum Gasteiger partial charge on any atom is 0.425 e. The zero-order valence-corrected chi connectivity index (χ0v) is 17.3. The van der Waals surface area contributed by atoms with Gasteiger partial charge in [-0.25, -0.2) is 4.79 Å². The Balaban J connectivity index is 2.72. The summed E-state index contributed by atoms with van der Waals surface area (Å²) in [4.78, 5) is 38.7. The largest absolute Gasteiger partial charge is 0.466 e. The fourth-order valence-electron chi connectivity index (χ4n) is 3.22. The molecule has 1 aliphatic rings. The van der Waals surface area contributed by atoms with Gasteiger partial charge in [-0.3, -0.25) is 9.59 Å². The van der Waals surface area contributed by atoms with Crippen molar-refractivity contribution in [3.8, 4) is 0 Å². The zero-order valence-electron chi connectivity index (χ0n) is 15.8. The van der Waals surface area contributed by atoms with Gasteiger partial charge in [0.1, 0.15) is 5.57 Å². The topological polar surface area (TPSA) is 75.7 Å². The minimum Gasteiger partial charge on any atom is -0.466 e. The molecule has 0 aliphatic carbocycles.